The number of piperazine rings is 1. The zero-order valence-electron chi connectivity index (χ0n) is 22.6. The molecule has 1 aromatic carbocycles. The molecule has 10 nitrogen and oxygen atoms in total. The Labute approximate surface area is 224 Å². The summed E-state index contributed by atoms with van der Waals surface area (Å²) in [4.78, 5) is 33.8. The van der Waals surface area contributed by atoms with Crippen molar-refractivity contribution < 1.29 is 4.74 Å². The van der Waals surface area contributed by atoms with Gasteiger partial charge in [0.25, 0.3) is 5.56 Å². The topological polar surface area (TPSA) is 111 Å². The molecule has 4 heterocycles. The third kappa shape index (κ3) is 6.42. The molecule has 3 N–H and O–H groups in total. The van der Waals surface area contributed by atoms with Crippen LogP contribution in [0, 0.1) is 0 Å². The summed E-state index contributed by atoms with van der Waals surface area (Å²) in [5, 5.41) is 6.45. The second-order valence-corrected chi connectivity index (χ2v) is 10.5. The lowest BCUT2D eigenvalue weighted by atomic mass is 9.87. The van der Waals surface area contributed by atoms with Crippen LogP contribution in [0.5, 0.6) is 5.75 Å². The molecule has 1 aliphatic carbocycles. The zero-order valence-corrected chi connectivity index (χ0v) is 22.6. The highest BCUT2D eigenvalue weighted by Gasteiger charge is 2.21. The Morgan fingerprint density at radius 2 is 1.76 bits per heavy atom. The predicted octanol–water partition coefficient (Wildman–Crippen LogP) is 3.63. The summed E-state index contributed by atoms with van der Waals surface area (Å²) in [6.07, 6.45) is 10.0. The average molecular weight is 521 g/mol. The van der Waals surface area contributed by atoms with Crippen LogP contribution in [0.3, 0.4) is 0 Å². The lowest BCUT2D eigenvalue weighted by Gasteiger charge is -2.34. The summed E-state index contributed by atoms with van der Waals surface area (Å²) in [7, 11) is 3.80. The second-order valence-electron chi connectivity index (χ2n) is 10.5. The third-order valence-electron chi connectivity index (χ3n) is 7.72. The standard InChI is InChI=1S/C24H31N7O2.C4H9N/c1-30-10-12-31(13-11-30)17-8-9-18(20(14-17)33-2)27-24-25-15-19-22(29-24)28-23(32)21(26-19)16-6-4-3-5-7-16;1-2-4-5-3-1/h8-9,14-16H,3-7,10-13H2,1-2H3,(H2,25,27,28,29,32);5H,1-4H2. The highest BCUT2D eigenvalue weighted by Crippen LogP contribution is 2.32. The number of ether oxygens (including phenoxy) is 1. The minimum atomic E-state index is -0.145. The predicted molar refractivity (Wildman–Crippen MR) is 152 cm³/mol. The van der Waals surface area contributed by atoms with Crippen LogP contribution in [0.4, 0.5) is 17.3 Å². The molecule has 38 heavy (non-hydrogen) atoms. The number of methoxy groups -OCH3 is 1. The van der Waals surface area contributed by atoms with Crippen LogP contribution in [0.15, 0.2) is 29.2 Å². The van der Waals surface area contributed by atoms with Crippen molar-refractivity contribution >= 4 is 28.5 Å². The van der Waals surface area contributed by atoms with Gasteiger partial charge in [0.2, 0.25) is 5.95 Å². The summed E-state index contributed by atoms with van der Waals surface area (Å²) in [5.41, 5.74) is 3.42. The van der Waals surface area contributed by atoms with Gasteiger partial charge < -0.3 is 30.2 Å². The molecule has 0 radical (unpaired) electrons. The van der Waals surface area contributed by atoms with Gasteiger partial charge >= 0.3 is 0 Å². The van der Waals surface area contributed by atoms with Gasteiger partial charge in [-0.25, -0.2) is 9.97 Å². The van der Waals surface area contributed by atoms with E-state index in [1.165, 1.54) is 32.4 Å². The number of anilines is 3. The molecule has 6 rings (SSSR count). The molecule has 0 unspecified atom stereocenters. The van der Waals surface area contributed by atoms with Crippen LogP contribution in [-0.4, -0.2) is 78.3 Å². The maximum absolute atomic E-state index is 12.7. The molecule has 3 fully saturated rings. The van der Waals surface area contributed by atoms with Crippen molar-refractivity contribution in [3.8, 4) is 5.75 Å². The first kappa shape index (κ1) is 26.4. The molecule has 2 aliphatic heterocycles. The van der Waals surface area contributed by atoms with Gasteiger partial charge in [0, 0.05) is 43.9 Å². The van der Waals surface area contributed by atoms with Crippen LogP contribution >= 0.6 is 0 Å². The van der Waals surface area contributed by atoms with Gasteiger partial charge in [0.05, 0.1) is 19.0 Å². The molecule has 2 saturated heterocycles. The number of nitrogens with one attached hydrogen (secondary N) is 3. The van der Waals surface area contributed by atoms with E-state index in [0.717, 1.165) is 69.0 Å². The van der Waals surface area contributed by atoms with Crippen molar-refractivity contribution in [3.63, 3.8) is 0 Å². The van der Waals surface area contributed by atoms with Gasteiger partial charge in [-0.3, -0.25) is 4.79 Å². The Bertz CT molecular complexity index is 1250. The Morgan fingerprint density at radius 3 is 2.45 bits per heavy atom. The Morgan fingerprint density at radius 1 is 1.00 bits per heavy atom. The Balaban J connectivity index is 0.000000529. The molecule has 0 amide bonds. The van der Waals surface area contributed by atoms with Crippen LogP contribution in [-0.2, 0) is 0 Å². The highest BCUT2D eigenvalue weighted by atomic mass is 16.5. The molecular weight excluding hydrogens is 480 g/mol. The van der Waals surface area contributed by atoms with Gasteiger partial charge in [0.15, 0.2) is 5.65 Å². The molecule has 1 saturated carbocycles. The van der Waals surface area contributed by atoms with Gasteiger partial charge in [-0.2, -0.15) is 4.98 Å². The summed E-state index contributed by atoms with van der Waals surface area (Å²) in [6.45, 7) is 6.57. The molecule has 204 valence electrons. The first-order chi connectivity index (χ1) is 18.6. The number of fused-ring (bicyclic) bond motifs is 1. The number of aromatic nitrogens is 4. The van der Waals surface area contributed by atoms with Crippen LogP contribution in [0.25, 0.3) is 11.2 Å². The first-order valence-corrected chi connectivity index (χ1v) is 14.0. The number of hydrogen-bond donors (Lipinski definition) is 3. The summed E-state index contributed by atoms with van der Waals surface area (Å²) in [6, 6.07) is 6.10. The van der Waals surface area contributed by atoms with Gasteiger partial charge in [-0.15, -0.1) is 0 Å². The van der Waals surface area contributed by atoms with E-state index in [2.05, 4.69) is 53.5 Å². The number of rotatable bonds is 5. The molecule has 0 spiro atoms. The number of aromatic amines is 1. The zero-order chi connectivity index (χ0) is 26.3. The molecule has 10 heteroatoms. The first-order valence-electron chi connectivity index (χ1n) is 14.0. The number of nitrogens with zero attached hydrogens (tertiary/aromatic N) is 5. The SMILES string of the molecule is C1CCNC1.COc1cc(N2CCN(C)CC2)ccc1Nc1ncc2nc(C3CCCCC3)c(=O)[nH]c2n1. The van der Waals surface area contributed by atoms with Gasteiger partial charge in [-0.05, 0) is 58.0 Å². The van der Waals surface area contributed by atoms with E-state index in [1.807, 2.05) is 12.1 Å². The molecule has 0 bridgehead atoms. The van der Waals surface area contributed by atoms with Crippen molar-refractivity contribution in [1.29, 1.82) is 0 Å². The van der Waals surface area contributed by atoms with Crippen LogP contribution in [0.1, 0.15) is 56.6 Å². The van der Waals surface area contributed by atoms with E-state index in [1.54, 1.807) is 13.3 Å². The fourth-order valence-corrected chi connectivity index (χ4v) is 5.40. The second kappa shape index (κ2) is 12.5. The van der Waals surface area contributed by atoms with Crippen LogP contribution in [0.2, 0.25) is 0 Å². The smallest absolute Gasteiger partial charge is 0.271 e. The van der Waals surface area contributed by atoms with E-state index in [0.29, 0.717) is 22.8 Å². The van der Waals surface area contributed by atoms with E-state index in [-0.39, 0.29) is 11.5 Å². The van der Waals surface area contributed by atoms with E-state index in [4.69, 9.17) is 4.74 Å². The number of likely N-dealkylation sites (N-methyl/N-ethyl adjacent to an activating group) is 1. The largest absolute Gasteiger partial charge is 0.494 e. The quantitative estimate of drug-likeness (QED) is 0.464. The molecule has 3 aliphatic rings. The fraction of sp³-hybridized carbons (Fsp3) is 0.571. The number of benzene rings is 1. The minimum Gasteiger partial charge on any atom is -0.494 e. The highest BCUT2D eigenvalue weighted by molar-refractivity contribution is 5.73. The maximum Gasteiger partial charge on any atom is 0.271 e. The summed E-state index contributed by atoms with van der Waals surface area (Å²) in [5.74, 6) is 1.33. The van der Waals surface area contributed by atoms with E-state index in [9.17, 15) is 4.79 Å². The Hall–Kier alpha value is -3.24. The van der Waals surface area contributed by atoms with Crippen molar-refractivity contribution in [3.05, 3.63) is 40.4 Å². The number of H-pyrrole nitrogens is 1. The lowest BCUT2D eigenvalue weighted by molar-refractivity contribution is 0.312. The molecular formula is C28H40N8O2. The lowest BCUT2D eigenvalue weighted by Crippen LogP contribution is -2.44. The maximum atomic E-state index is 12.7. The monoisotopic (exact) mass is 520 g/mol. The van der Waals surface area contributed by atoms with Crippen LogP contribution < -0.4 is 25.8 Å². The Kier molecular flexibility index (Phi) is 8.70. The van der Waals surface area contributed by atoms with Crippen molar-refractivity contribution in [2.24, 2.45) is 0 Å². The normalized spacial score (nSPS) is 18.7. The van der Waals surface area contributed by atoms with Crippen molar-refractivity contribution in [2.45, 2.75) is 50.9 Å². The van der Waals surface area contributed by atoms with Crippen molar-refractivity contribution in [2.75, 3.05) is 63.6 Å². The molecule has 0 atom stereocenters. The van der Waals surface area contributed by atoms with Gasteiger partial charge in [-0.1, -0.05) is 19.3 Å². The molecule has 2 aromatic heterocycles. The number of hydrogen-bond acceptors (Lipinski definition) is 9. The third-order valence-corrected chi connectivity index (χ3v) is 7.72. The minimum absolute atomic E-state index is 0.145. The summed E-state index contributed by atoms with van der Waals surface area (Å²) < 4.78 is 5.63. The summed E-state index contributed by atoms with van der Waals surface area (Å²) >= 11 is 0. The average Bonchev–Trinajstić information content (AvgIpc) is 3.54. The van der Waals surface area contributed by atoms with Gasteiger partial charge in [0.1, 0.15) is 17.0 Å². The van der Waals surface area contributed by atoms with Crippen molar-refractivity contribution in [1.82, 2.24) is 30.2 Å². The fourth-order valence-electron chi connectivity index (χ4n) is 5.40. The van der Waals surface area contributed by atoms with E-state index < -0.39 is 0 Å². The van der Waals surface area contributed by atoms with E-state index >= 15 is 0 Å². The molecule has 3 aromatic rings.